The lowest BCUT2D eigenvalue weighted by Crippen LogP contribution is -2.29. The molecule has 2 amide bonds. The van der Waals surface area contributed by atoms with Gasteiger partial charge in [0.25, 0.3) is 6.47 Å². The molecule has 26 heavy (non-hydrogen) atoms. The van der Waals surface area contributed by atoms with Crippen molar-refractivity contribution in [2.45, 2.75) is 0 Å². The van der Waals surface area contributed by atoms with Crippen LogP contribution in [0.5, 0.6) is 0 Å². The topological polar surface area (TPSA) is 127 Å². The molecule has 0 bridgehead atoms. The molecule has 10 nitrogen and oxygen atoms in total. The van der Waals surface area contributed by atoms with Gasteiger partial charge in [0.2, 0.25) is 0 Å². The van der Waals surface area contributed by atoms with Crippen molar-refractivity contribution in [3.63, 3.8) is 0 Å². The summed E-state index contributed by atoms with van der Waals surface area (Å²) in [5.41, 5.74) is 3.06. The molecule has 0 radical (unpaired) electrons. The second-order valence-electron chi connectivity index (χ2n) is 5.46. The van der Waals surface area contributed by atoms with E-state index in [9.17, 15) is 4.79 Å². The van der Waals surface area contributed by atoms with Gasteiger partial charge in [-0.3, -0.25) is 9.69 Å². The molecule has 3 aromatic rings. The lowest BCUT2D eigenvalue weighted by atomic mass is 10.2. The molecule has 0 unspecified atom stereocenters. The maximum absolute atomic E-state index is 12.1. The Hall–Kier alpha value is -3.69. The number of carboxylic acid groups (broad SMARTS) is 1. The molecule has 2 aromatic heterocycles. The Morgan fingerprint density at radius 2 is 2.08 bits per heavy atom. The van der Waals surface area contributed by atoms with E-state index in [1.165, 1.54) is 6.33 Å². The van der Waals surface area contributed by atoms with Gasteiger partial charge in [0.1, 0.15) is 11.8 Å². The van der Waals surface area contributed by atoms with E-state index in [1.54, 1.807) is 23.2 Å². The number of H-pyrrole nitrogens is 1. The number of amides is 2. The van der Waals surface area contributed by atoms with Gasteiger partial charge in [0, 0.05) is 31.5 Å². The zero-order chi connectivity index (χ0) is 18.5. The number of nitrogens with one attached hydrogen (secondary N) is 2. The molecule has 1 aliphatic heterocycles. The normalized spacial score (nSPS) is 13.5. The minimum absolute atomic E-state index is 0.0140. The van der Waals surface area contributed by atoms with Gasteiger partial charge in [-0.1, -0.05) is 6.07 Å². The molecule has 1 aliphatic rings. The summed E-state index contributed by atoms with van der Waals surface area (Å²) in [6, 6.07) is 7.71. The van der Waals surface area contributed by atoms with E-state index in [-0.39, 0.29) is 12.5 Å². The number of likely N-dealkylation sites (N-methyl/N-ethyl adjacent to an activating group) is 1. The number of nitrogens with zero attached hydrogens (tertiary/aromatic N) is 5. The fraction of sp³-hybridized carbons (Fsp3) is 0.188. The third-order valence-electron chi connectivity index (χ3n) is 3.86. The molecule has 3 N–H and O–H groups in total. The number of carbonyl (C=O) groups excluding carboxylic acids is 1. The smallest absolute Gasteiger partial charge is 0.324 e. The third kappa shape index (κ3) is 3.38. The summed E-state index contributed by atoms with van der Waals surface area (Å²) in [4.78, 5) is 39.4. The molecule has 0 atom stereocenters. The quantitative estimate of drug-likeness (QED) is 0.610. The highest BCUT2D eigenvalue weighted by molar-refractivity contribution is 5.94. The van der Waals surface area contributed by atoms with Gasteiger partial charge >= 0.3 is 6.03 Å². The Kier molecular flexibility index (Phi) is 4.92. The van der Waals surface area contributed by atoms with Gasteiger partial charge in [-0.05, 0) is 18.2 Å². The standard InChI is InChI=1S/C15H15N7O.CH2O2/c1-21-5-6-22(15(21)23)11-4-2-3-10(7-11)20-14-12-13(17-8-16-12)18-9-19-14;2-1-3/h2-4,7-9H,5-6H2,1H3,(H2,16,17,18,19,20);1H,(H,2,3). The number of aromatic nitrogens is 4. The maximum atomic E-state index is 12.1. The Morgan fingerprint density at radius 3 is 2.81 bits per heavy atom. The Bertz CT molecular complexity index is 927. The lowest BCUT2D eigenvalue weighted by Gasteiger charge is -2.17. The molecule has 1 fully saturated rings. The van der Waals surface area contributed by atoms with Crippen LogP contribution < -0.4 is 10.2 Å². The predicted octanol–water partition coefficient (Wildman–Crippen LogP) is 1.67. The van der Waals surface area contributed by atoms with Crippen LogP contribution in [0.4, 0.5) is 22.0 Å². The highest BCUT2D eigenvalue weighted by Crippen LogP contribution is 2.26. The van der Waals surface area contributed by atoms with Crippen LogP contribution in [-0.2, 0) is 4.79 Å². The van der Waals surface area contributed by atoms with Crippen molar-refractivity contribution in [2.24, 2.45) is 0 Å². The molecule has 134 valence electrons. The Labute approximate surface area is 148 Å². The average Bonchev–Trinajstić information content (AvgIpc) is 3.24. The molecule has 10 heteroatoms. The number of fused-ring (bicyclic) bond motifs is 1. The molecule has 0 aliphatic carbocycles. The van der Waals surface area contributed by atoms with Crippen LogP contribution in [-0.4, -0.2) is 62.6 Å². The zero-order valence-corrected chi connectivity index (χ0v) is 14.0. The van der Waals surface area contributed by atoms with Crippen molar-refractivity contribution in [1.29, 1.82) is 0 Å². The zero-order valence-electron chi connectivity index (χ0n) is 14.0. The van der Waals surface area contributed by atoms with Gasteiger partial charge < -0.3 is 20.3 Å². The summed E-state index contributed by atoms with van der Waals surface area (Å²) < 4.78 is 0. The first kappa shape index (κ1) is 17.1. The van der Waals surface area contributed by atoms with E-state index < -0.39 is 0 Å². The fourth-order valence-corrected chi connectivity index (χ4v) is 2.63. The van der Waals surface area contributed by atoms with Crippen molar-refractivity contribution in [3.8, 4) is 0 Å². The van der Waals surface area contributed by atoms with Gasteiger partial charge in [0.15, 0.2) is 11.5 Å². The van der Waals surface area contributed by atoms with Gasteiger partial charge in [0.05, 0.1) is 6.33 Å². The molecule has 4 rings (SSSR count). The summed E-state index contributed by atoms with van der Waals surface area (Å²) in [6.07, 6.45) is 3.05. The van der Waals surface area contributed by atoms with E-state index in [1.807, 2.05) is 24.3 Å². The van der Waals surface area contributed by atoms with Crippen LogP contribution in [0.2, 0.25) is 0 Å². The Morgan fingerprint density at radius 1 is 1.27 bits per heavy atom. The second kappa shape index (κ2) is 7.47. The number of hydrogen-bond donors (Lipinski definition) is 3. The van der Waals surface area contributed by atoms with Crippen molar-refractivity contribution in [2.75, 3.05) is 30.4 Å². The van der Waals surface area contributed by atoms with E-state index in [0.717, 1.165) is 23.4 Å². The van der Waals surface area contributed by atoms with Crippen LogP contribution >= 0.6 is 0 Å². The van der Waals surface area contributed by atoms with Crippen molar-refractivity contribution in [1.82, 2.24) is 24.8 Å². The van der Waals surface area contributed by atoms with Gasteiger partial charge in [-0.2, -0.15) is 0 Å². The van der Waals surface area contributed by atoms with E-state index in [2.05, 4.69) is 25.3 Å². The minimum Gasteiger partial charge on any atom is -0.483 e. The average molecular weight is 355 g/mol. The molecule has 1 saturated heterocycles. The van der Waals surface area contributed by atoms with Crippen LogP contribution in [0, 0.1) is 0 Å². The number of hydrogen-bond acceptors (Lipinski definition) is 6. The molecule has 1 aromatic carbocycles. The second-order valence-corrected chi connectivity index (χ2v) is 5.46. The largest absolute Gasteiger partial charge is 0.483 e. The monoisotopic (exact) mass is 355 g/mol. The summed E-state index contributed by atoms with van der Waals surface area (Å²) >= 11 is 0. The van der Waals surface area contributed by atoms with Crippen LogP contribution in [0.15, 0.2) is 36.9 Å². The van der Waals surface area contributed by atoms with Crippen molar-refractivity contribution >= 4 is 40.9 Å². The minimum atomic E-state index is -0.250. The molecular weight excluding hydrogens is 338 g/mol. The van der Waals surface area contributed by atoms with E-state index >= 15 is 0 Å². The highest BCUT2D eigenvalue weighted by Gasteiger charge is 2.26. The summed E-state index contributed by atoms with van der Waals surface area (Å²) in [5, 5.41) is 10.1. The molecule has 0 saturated carbocycles. The SMILES string of the molecule is CN1CCN(c2cccc(Nc3ncnc4nc[nH]c34)c2)C1=O.O=CO. The lowest BCUT2D eigenvalue weighted by molar-refractivity contribution is -0.122. The van der Waals surface area contributed by atoms with E-state index in [0.29, 0.717) is 18.0 Å². The number of anilines is 3. The van der Waals surface area contributed by atoms with Gasteiger partial charge in [-0.15, -0.1) is 0 Å². The number of urea groups is 1. The molecule has 0 spiro atoms. The third-order valence-corrected chi connectivity index (χ3v) is 3.86. The maximum Gasteiger partial charge on any atom is 0.324 e. The highest BCUT2D eigenvalue weighted by atomic mass is 16.3. The van der Waals surface area contributed by atoms with Crippen LogP contribution in [0.25, 0.3) is 11.2 Å². The van der Waals surface area contributed by atoms with Crippen LogP contribution in [0.3, 0.4) is 0 Å². The van der Waals surface area contributed by atoms with Crippen molar-refractivity contribution in [3.05, 3.63) is 36.9 Å². The fourth-order valence-electron chi connectivity index (χ4n) is 2.63. The Balaban J connectivity index is 0.000000613. The number of carbonyl (C=O) groups is 2. The first-order valence-electron chi connectivity index (χ1n) is 7.75. The summed E-state index contributed by atoms with van der Waals surface area (Å²) in [6.45, 7) is 1.17. The first-order chi connectivity index (χ1) is 12.6. The van der Waals surface area contributed by atoms with Crippen LogP contribution in [0.1, 0.15) is 0 Å². The first-order valence-corrected chi connectivity index (χ1v) is 7.75. The number of imidazole rings is 1. The summed E-state index contributed by atoms with van der Waals surface area (Å²) in [5.74, 6) is 0.648. The van der Waals surface area contributed by atoms with Gasteiger partial charge in [-0.25, -0.2) is 19.7 Å². The van der Waals surface area contributed by atoms with Crippen molar-refractivity contribution < 1.29 is 14.7 Å². The predicted molar refractivity (Wildman–Crippen MR) is 95.5 cm³/mol. The molecular formula is C16H17N7O3. The molecule has 3 heterocycles. The summed E-state index contributed by atoms with van der Waals surface area (Å²) in [7, 11) is 1.81. The number of benzene rings is 1. The number of aromatic amines is 1. The number of rotatable bonds is 3. The van der Waals surface area contributed by atoms with E-state index in [4.69, 9.17) is 9.90 Å².